The molecule has 0 saturated carbocycles. The molecule has 43 heavy (non-hydrogen) atoms. The van der Waals surface area contributed by atoms with Crippen LogP contribution >= 0.6 is 15.9 Å². The van der Waals surface area contributed by atoms with Gasteiger partial charge in [0, 0.05) is 47.5 Å². The molecule has 2 atom stereocenters. The van der Waals surface area contributed by atoms with Crippen molar-refractivity contribution in [3.05, 3.63) is 110 Å². The van der Waals surface area contributed by atoms with Gasteiger partial charge in [0.15, 0.2) is 11.6 Å². The largest absolute Gasteiger partial charge is 0.494 e. The van der Waals surface area contributed by atoms with Crippen molar-refractivity contribution < 1.29 is 19.4 Å². The summed E-state index contributed by atoms with van der Waals surface area (Å²) in [6.07, 6.45) is 3.19. The second-order valence-corrected chi connectivity index (χ2v) is 11.6. The van der Waals surface area contributed by atoms with Crippen LogP contribution in [0.15, 0.2) is 87.4 Å². The molecule has 0 bridgehead atoms. The van der Waals surface area contributed by atoms with E-state index in [2.05, 4.69) is 31.4 Å². The molecule has 11 heteroatoms. The summed E-state index contributed by atoms with van der Waals surface area (Å²) in [4.78, 5) is 22.6. The third-order valence-electron chi connectivity index (χ3n) is 7.67. The highest BCUT2D eigenvalue weighted by Crippen LogP contribution is 2.44. The van der Waals surface area contributed by atoms with E-state index >= 15 is 0 Å². The number of azide groups is 1. The van der Waals surface area contributed by atoms with Gasteiger partial charge in [-0.05, 0) is 71.5 Å². The lowest BCUT2D eigenvalue weighted by molar-refractivity contribution is -0.134. The molecule has 0 radical (unpaired) electrons. The topological polar surface area (TPSA) is 132 Å². The van der Waals surface area contributed by atoms with Crippen molar-refractivity contribution in [3.63, 3.8) is 0 Å². The Hall–Kier alpha value is -3.89. The van der Waals surface area contributed by atoms with E-state index < -0.39 is 11.6 Å². The first-order chi connectivity index (χ1) is 21.0. The number of nitrogens with zero attached hydrogens (tertiary/aromatic N) is 5. The molecule has 3 aromatic carbocycles. The van der Waals surface area contributed by atoms with Crippen LogP contribution in [0.5, 0.6) is 5.75 Å². The van der Waals surface area contributed by atoms with Gasteiger partial charge in [0.1, 0.15) is 5.75 Å². The van der Waals surface area contributed by atoms with Crippen LogP contribution in [-0.2, 0) is 22.5 Å². The average molecular weight is 648 g/mol. The highest BCUT2D eigenvalue weighted by Gasteiger charge is 2.54. The zero-order valence-corrected chi connectivity index (χ0v) is 25.4. The van der Waals surface area contributed by atoms with Crippen LogP contribution in [0.1, 0.15) is 54.0 Å². The van der Waals surface area contributed by atoms with Gasteiger partial charge in [-0.2, -0.15) is 0 Å². The van der Waals surface area contributed by atoms with Gasteiger partial charge < -0.3 is 14.6 Å². The number of piperidine rings is 1. The molecule has 5 rings (SSSR count). The van der Waals surface area contributed by atoms with Crippen LogP contribution in [0.3, 0.4) is 0 Å². The smallest absolute Gasteiger partial charge is 0.266 e. The van der Waals surface area contributed by atoms with E-state index in [1.807, 2.05) is 77.8 Å². The molecule has 3 aromatic rings. The number of benzene rings is 3. The molecule has 0 aromatic heterocycles. The van der Waals surface area contributed by atoms with E-state index in [1.54, 1.807) is 0 Å². The fraction of sp³-hybridized carbons (Fsp3) is 0.375. The Kier molecular flexibility index (Phi) is 10.3. The summed E-state index contributed by atoms with van der Waals surface area (Å²) >= 11 is 3.51. The van der Waals surface area contributed by atoms with Gasteiger partial charge in [-0.15, -0.1) is 0 Å². The number of halogens is 1. The number of hydrazine groups is 1. The number of ether oxygens (including phenoxy) is 2. The Morgan fingerprint density at radius 3 is 2.58 bits per heavy atom. The molecular weight excluding hydrogens is 612 g/mol. The minimum atomic E-state index is -1.36. The quantitative estimate of drug-likeness (QED) is 0.107. The number of hydrogen-bond donors (Lipinski definition) is 2. The third-order valence-corrected chi connectivity index (χ3v) is 8.20. The molecular formula is C32H35BrN6O4. The molecule has 0 aliphatic carbocycles. The number of aliphatic imine (C=N–C) groups is 1. The van der Waals surface area contributed by atoms with Crippen LogP contribution in [0.2, 0.25) is 0 Å². The molecule has 10 nitrogen and oxygen atoms in total. The summed E-state index contributed by atoms with van der Waals surface area (Å²) in [7, 11) is 0. The minimum Gasteiger partial charge on any atom is -0.494 e. The Morgan fingerprint density at radius 1 is 1.12 bits per heavy atom. The Morgan fingerprint density at radius 2 is 1.86 bits per heavy atom. The van der Waals surface area contributed by atoms with E-state index in [0.717, 1.165) is 53.5 Å². The van der Waals surface area contributed by atoms with Gasteiger partial charge in [0.2, 0.25) is 5.90 Å². The number of hydrogen-bond acceptors (Lipinski definition) is 7. The van der Waals surface area contributed by atoms with Crippen molar-refractivity contribution in [2.75, 3.05) is 26.3 Å². The lowest BCUT2D eigenvalue weighted by Crippen LogP contribution is -2.56. The van der Waals surface area contributed by atoms with Crippen molar-refractivity contribution in [1.82, 2.24) is 10.4 Å². The summed E-state index contributed by atoms with van der Waals surface area (Å²) in [6, 6.07) is 22.8. The molecule has 224 valence electrons. The summed E-state index contributed by atoms with van der Waals surface area (Å²) in [5.74, 6) is 0.757. The molecule has 2 N–H and O–H groups in total. The highest BCUT2D eigenvalue weighted by molar-refractivity contribution is 9.10. The molecule has 2 aliphatic heterocycles. The molecule has 1 saturated heterocycles. The average Bonchev–Trinajstić information content (AvgIpc) is 3.42. The number of aliphatic hydroxyl groups is 1. The van der Waals surface area contributed by atoms with E-state index in [4.69, 9.17) is 25.1 Å². The highest BCUT2D eigenvalue weighted by atomic mass is 79.9. The molecule has 0 unspecified atom stereocenters. The van der Waals surface area contributed by atoms with Crippen molar-refractivity contribution in [1.29, 1.82) is 0 Å². The summed E-state index contributed by atoms with van der Waals surface area (Å²) < 4.78 is 13.3. The second-order valence-electron chi connectivity index (χ2n) is 10.7. The van der Waals surface area contributed by atoms with Crippen molar-refractivity contribution in [2.45, 2.75) is 50.3 Å². The summed E-state index contributed by atoms with van der Waals surface area (Å²) in [5, 5.41) is 14.9. The maximum Gasteiger partial charge on any atom is 0.266 e. The first kappa shape index (κ1) is 30.6. The maximum absolute atomic E-state index is 14.5. The van der Waals surface area contributed by atoms with E-state index in [-0.39, 0.29) is 25.5 Å². The van der Waals surface area contributed by atoms with Crippen LogP contribution in [-0.4, -0.2) is 53.8 Å². The van der Waals surface area contributed by atoms with Crippen LogP contribution in [0, 0.1) is 0 Å². The fourth-order valence-electron chi connectivity index (χ4n) is 5.46. The third kappa shape index (κ3) is 7.37. The second kappa shape index (κ2) is 14.5. The van der Waals surface area contributed by atoms with Gasteiger partial charge in [0.25, 0.3) is 5.91 Å². The lowest BCUT2D eigenvalue weighted by Gasteiger charge is -2.35. The first-order valence-electron chi connectivity index (χ1n) is 14.5. The monoisotopic (exact) mass is 646 g/mol. The number of nitrogens with one attached hydrogen (secondary N) is 1. The Balaban J connectivity index is 1.59. The molecule has 2 aliphatic rings. The van der Waals surface area contributed by atoms with Crippen LogP contribution < -0.4 is 10.2 Å². The Bertz CT molecular complexity index is 1470. The van der Waals surface area contributed by atoms with Gasteiger partial charge >= 0.3 is 0 Å². The minimum absolute atomic E-state index is 0.0607. The van der Waals surface area contributed by atoms with E-state index in [0.29, 0.717) is 30.2 Å². The van der Waals surface area contributed by atoms with Crippen molar-refractivity contribution in [3.8, 4) is 5.75 Å². The molecule has 0 spiro atoms. The predicted octanol–water partition coefficient (Wildman–Crippen LogP) is 6.04. The van der Waals surface area contributed by atoms with Crippen LogP contribution in [0.25, 0.3) is 10.4 Å². The Labute approximate surface area is 259 Å². The summed E-state index contributed by atoms with van der Waals surface area (Å²) in [6.45, 7) is 2.13. The van der Waals surface area contributed by atoms with E-state index in [1.165, 1.54) is 0 Å². The molecule has 2 heterocycles. The number of amides is 1. The van der Waals surface area contributed by atoms with Gasteiger partial charge in [-0.1, -0.05) is 63.9 Å². The SMILES string of the molecule is [N-]=[N+]=NCc1ccccc1[C@@H]1OC(c2ccc(OCCCO)cc2)=N[C@]1(Cc1ccc(Br)cc1)C(=O)NN1CCCCC1. The predicted molar refractivity (Wildman–Crippen MR) is 167 cm³/mol. The number of carbonyl (C=O) groups is 1. The van der Waals surface area contributed by atoms with E-state index in [9.17, 15) is 4.79 Å². The fourth-order valence-corrected chi connectivity index (χ4v) is 5.72. The molecule has 1 fully saturated rings. The van der Waals surface area contributed by atoms with Gasteiger partial charge in [-0.3, -0.25) is 10.2 Å². The summed E-state index contributed by atoms with van der Waals surface area (Å²) in [5.41, 5.74) is 14.0. The van der Waals surface area contributed by atoms with Crippen molar-refractivity contribution in [2.24, 2.45) is 10.1 Å². The zero-order chi connectivity index (χ0) is 30.1. The van der Waals surface area contributed by atoms with Crippen molar-refractivity contribution >= 4 is 27.7 Å². The zero-order valence-electron chi connectivity index (χ0n) is 23.9. The lowest BCUT2D eigenvalue weighted by atomic mass is 9.80. The first-order valence-corrected chi connectivity index (χ1v) is 15.3. The van der Waals surface area contributed by atoms with Gasteiger partial charge in [-0.25, -0.2) is 10.0 Å². The number of rotatable bonds is 12. The van der Waals surface area contributed by atoms with Crippen LogP contribution in [0.4, 0.5) is 0 Å². The molecule has 1 amide bonds. The standard InChI is InChI=1S/C32H35BrN6O4/c33-26-13-9-23(10-14-26)21-32(31(41)37-39-17-4-1-5-18-39)29(28-8-3-2-7-25(28)22-35-38-34)43-30(36-32)24-11-15-27(16-12-24)42-20-6-19-40/h2-3,7-16,29,40H,1,4-6,17-22H2,(H,37,41)/t29-,32-/m0/s1. The number of aliphatic hydroxyl groups excluding tert-OH is 1. The number of carbonyl (C=O) groups excluding carboxylic acids is 1. The maximum atomic E-state index is 14.5. The normalized spacial score (nSPS) is 20.0. The van der Waals surface area contributed by atoms with Gasteiger partial charge in [0.05, 0.1) is 13.2 Å².